The highest BCUT2D eigenvalue weighted by atomic mass is 127. The lowest BCUT2D eigenvalue weighted by Crippen LogP contribution is -2.46. The van der Waals surface area contributed by atoms with E-state index in [1.165, 1.54) is 12.6 Å². The van der Waals surface area contributed by atoms with Crippen molar-refractivity contribution in [2.75, 3.05) is 27.2 Å². The summed E-state index contributed by atoms with van der Waals surface area (Å²) < 4.78 is 37.0. The Labute approximate surface area is 182 Å². The largest absolute Gasteiger partial charge is 0.406 e. The highest BCUT2D eigenvalue weighted by Gasteiger charge is 2.31. The van der Waals surface area contributed by atoms with Crippen LogP contribution in [0.1, 0.15) is 37.9 Å². The molecule has 1 unspecified atom stereocenters. The average Bonchev–Trinajstić information content (AvgIpc) is 2.56. The van der Waals surface area contributed by atoms with Gasteiger partial charge in [0.05, 0.1) is 12.6 Å². The predicted molar refractivity (Wildman–Crippen MR) is 117 cm³/mol. The topological polar surface area (TPSA) is 56.7 Å². The zero-order valence-corrected chi connectivity index (χ0v) is 19.3. The van der Waals surface area contributed by atoms with Crippen molar-refractivity contribution in [1.82, 2.24) is 15.5 Å². The minimum absolute atomic E-state index is 0. The Bertz CT molecular complexity index is 633. The second-order valence-corrected chi connectivity index (χ2v) is 7.00. The highest BCUT2D eigenvalue weighted by Crippen LogP contribution is 2.16. The molecule has 0 spiro atoms. The summed E-state index contributed by atoms with van der Waals surface area (Å²) in [5, 5.41) is 5.89. The summed E-state index contributed by atoms with van der Waals surface area (Å²) >= 11 is 0. The molecular weight excluding hydrogens is 484 g/mol. The molecular formula is C19H30F3IN4O. The number of nitrogens with one attached hydrogen (secondary N) is 2. The fraction of sp³-hybridized carbons (Fsp3) is 0.579. The molecule has 1 amide bonds. The molecule has 0 aromatic heterocycles. The van der Waals surface area contributed by atoms with E-state index in [9.17, 15) is 18.0 Å². The summed E-state index contributed by atoms with van der Waals surface area (Å²) in [5.41, 5.74) is 2.31. The van der Waals surface area contributed by atoms with Crippen molar-refractivity contribution in [2.45, 2.75) is 39.4 Å². The molecule has 28 heavy (non-hydrogen) atoms. The molecule has 160 valence electrons. The fourth-order valence-electron chi connectivity index (χ4n) is 2.55. The third-order valence-corrected chi connectivity index (χ3v) is 3.95. The third-order valence-electron chi connectivity index (χ3n) is 3.95. The van der Waals surface area contributed by atoms with Gasteiger partial charge in [0.2, 0.25) is 5.91 Å². The van der Waals surface area contributed by atoms with Crippen molar-refractivity contribution in [3.8, 4) is 0 Å². The van der Waals surface area contributed by atoms with Crippen LogP contribution < -0.4 is 10.6 Å². The SMILES string of the molecule is CN=C(NCC(=O)N(C)CC(F)(F)F)NC(C)c1ccc(CC(C)C)cc1.I. The average molecular weight is 514 g/mol. The van der Waals surface area contributed by atoms with Crippen molar-refractivity contribution in [3.63, 3.8) is 0 Å². The van der Waals surface area contributed by atoms with E-state index >= 15 is 0 Å². The Morgan fingerprint density at radius 1 is 1.18 bits per heavy atom. The van der Waals surface area contributed by atoms with Gasteiger partial charge in [-0.25, -0.2) is 0 Å². The number of amides is 1. The van der Waals surface area contributed by atoms with Crippen LogP contribution in [0.3, 0.4) is 0 Å². The van der Waals surface area contributed by atoms with Crippen LogP contribution in [0.5, 0.6) is 0 Å². The van der Waals surface area contributed by atoms with E-state index < -0.39 is 18.6 Å². The first kappa shape index (κ1) is 26.5. The van der Waals surface area contributed by atoms with Gasteiger partial charge in [-0.05, 0) is 30.4 Å². The Morgan fingerprint density at radius 3 is 2.21 bits per heavy atom. The number of carbonyl (C=O) groups is 1. The van der Waals surface area contributed by atoms with Gasteiger partial charge in [-0.1, -0.05) is 38.1 Å². The first-order valence-corrected chi connectivity index (χ1v) is 8.88. The molecule has 0 radical (unpaired) electrons. The summed E-state index contributed by atoms with van der Waals surface area (Å²) in [7, 11) is 2.66. The maximum atomic E-state index is 12.3. The van der Waals surface area contributed by atoms with Gasteiger partial charge < -0.3 is 15.5 Å². The lowest BCUT2D eigenvalue weighted by atomic mass is 10.00. The molecule has 0 saturated carbocycles. The summed E-state index contributed by atoms with van der Waals surface area (Å²) in [4.78, 5) is 16.5. The van der Waals surface area contributed by atoms with Crippen LogP contribution >= 0.6 is 24.0 Å². The Balaban J connectivity index is 0.00000729. The van der Waals surface area contributed by atoms with Crippen LogP contribution in [0.15, 0.2) is 29.3 Å². The van der Waals surface area contributed by atoms with E-state index in [-0.39, 0.29) is 36.6 Å². The summed E-state index contributed by atoms with van der Waals surface area (Å²) in [5.74, 6) is 0.269. The Hall–Kier alpha value is -1.52. The normalized spacial score (nSPS) is 13.0. The van der Waals surface area contributed by atoms with Crippen molar-refractivity contribution in [2.24, 2.45) is 10.9 Å². The third kappa shape index (κ3) is 10.1. The van der Waals surface area contributed by atoms with E-state index in [1.54, 1.807) is 0 Å². The molecule has 5 nitrogen and oxygen atoms in total. The number of nitrogens with zero attached hydrogens (tertiary/aromatic N) is 2. The number of hydrogen-bond acceptors (Lipinski definition) is 2. The van der Waals surface area contributed by atoms with Gasteiger partial charge in [0.15, 0.2) is 5.96 Å². The van der Waals surface area contributed by atoms with Crippen molar-refractivity contribution in [1.29, 1.82) is 0 Å². The van der Waals surface area contributed by atoms with Crippen LogP contribution in [0.2, 0.25) is 0 Å². The minimum Gasteiger partial charge on any atom is -0.350 e. The monoisotopic (exact) mass is 514 g/mol. The number of aliphatic imine (C=N–C) groups is 1. The van der Waals surface area contributed by atoms with Crippen LogP contribution in [0.4, 0.5) is 13.2 Å². The van der Waals surface area contributed by atoms with Crippen molar-refractivity contribution >= 4 is 35.8 Å². The molecule has 0 aliphatic carbocycles. The van der Waals surface area contributed by atoms with Gasteiger partial charge in [-0.3, -0.25) is 9.79 Å². The number of carbonyl (C=O) groups excluding carboxylic acids is 1. The van der Waals surface area contributed by atoms with Crippen LogP contribution in [0.25, 0.3) is 0 Å². The maximum Gasteiger partial charge on any atom is 0.406 e. The Kier molecular flexibility index (Phi) is 11.5. The van der Waals surface area contributed by atoms with Gasteiger partial charge in [-0.2, -0.15) is 13.2 Å². The molecule has 1 aromatic carbocycles. The first-order valence-electron chi connectivity index (χ1n) is 8.88. The Morgan fingerprint density at radius 2 is 1.75 bits per heavy atom. The number of halogens is 4. The molecule has 0 bridgehead atoms. The molecule has 0 saturated heterocycles. The smallest absolute Gasteiger partial charge is 0.350 e. The number of hydrogen-bond donors (Lipinski definition) is 2. The van der Waals surface area contributed by atoms with Gasteiger partial charge in [0.25, 0.3) is 0 Å². The van der Waals surface area contributed by atoms with Crippen LogP contribution in [0, 0.1) is 5.92 Å². The number of benzene rings is 1. The number of guanidine groups is 1. The van der Waals surface area contributed by atoms with Crippen molar-refractivity contribution in [3.05, 3.63) is 35.4 Å². The molecule has 2 N–H and O–H groups in total. The number of alkyl halides is 3. The first-order chi connectivity index (χ1) is 12.5. The quantitative estimate of drug-likeness (QED) is 0.331. The fourth-order valence-corrected chi connectivity index (χ4v) is 2.55. The molecule has 0 aliphatic rings. The lowest BCUT2D eigenvalue weighted by molar-refractivity contribution is -0.157. The van der Waals surface area contributed by atoms with E-state index in [4.69, 9.17) is 0 Å². The standard InChI is InChI=1S/C19H29F3N4O.HI/c1-13(2)10-15-6-8-16(9-7-15)14(3)25-18(23-4)24-11-17(27)26(5)12-19(20,21)22;/h6-9,13-14H,10-12H2,1-5H3,(H2,23,24,25);1H. The van der Waals surface area contributed by atoms with Gasteiger partial charge in [0, 0.05) is 14.1 Å². The van der Waals surface area contributed by atoms with Crippen molar-refractivity contribution < 1.29 is 18.0 Å². The van der Waals surface area contributed by atoms with Crippen LogP contribution in [-0.4, -0.2) is 50.1 Å². The maximum absolute atomic E-state index is 12.3. The molecule has 9 heteroatoms. The minimum atomic E-state index is -4.42. The highest BCUT2D eigenvalue weighted by molar-refractivity contribution is 14.0. The molecule has 1 rings (SSSR count). The molecule has 0 heterocycles. The lowest BCUT2D eigenvalue weighted by Gasteiger charge is -2.21. The van der Waals surface area contributed by atoms with E-state index in [0.717, 1.165) is 19.0 Å². The van der Waals surface area contributed by atoms with E-state index in [0.29, 0.717) is 16.8 Å². The number of rotatable bonds is 7. The van der Waals surface area contributed by atoms with Gasteiger partial charge in [-0.15, -0.1) is 24.0 Å². The number of likely N-dealkylation sites (N-methyl/N-ethyl adjacent to an activating group) is 1. The second kappa shape index (κ2) is 12.1. The van der Waals surface area contributed by atoms with E-state index in [2.05, 4.69) is 41.6 Å². The summed E-state index contributed by atoms with van der Waals surface area (Å²) in [6.07, 6.45) is -3.40. The molecule has 0 fully saturated rings. The van der Waals surface area contributed by atoms with Gasteiger partial charge >= 0.3 is 6.18 Å². The molecule has 1 atom stereocenters. The zero-order valence-electron chi connectivity index (χ0n) is 16.9. The molecule has 0 aliphatic heterocycles. The second-order valence-electron chi connectivity index (χ2n) is 7.00. The van der Waals surface area contributed by atoms with Gasteiger partial charge in [0.1, 0.15) is 6.54 Å². The summed E-state index contributed by atoms with van der Waals surface area (Å²) in [6.45, 7) is 4.73. The predicted octanol–water partition coefficient (Wildman–Crippen LogP) is 3.75. The zero-order chi connectivity index (χ0) is 20.6. The van der Waals surface area contributed by atoms with E-state index in [1.807, 2.05) is 19.1 Å². The van der Waals surface area contributed by atoms with Crippen LogP contribution in [-0.2, 0) is 11.2 Å². The molecule has 1 aromatic rings. The summed E-state index contributed by atoms with van der Waals surface area (Å²) in [6, 6.07) is 8.15.